The summed E-state index contributed by atoms with van der Waals surface area (Å²) in [5.41, 5.74) is 11.1. The highest BCUT2D eigenvalue weighted by Crippen LogP contribution is 2.47. The molecule has 7 rings (SSSR count). The van der Waals surface area contributed by atoms with Crippen LogP contribution in [0.1, 0.15) is 16.7 Å². The molecule has 0 fully saturated rings. The van der Waals surface area contributed by atoms with Crippen LogP contribution >= 0.6 is 0 Å². The molecule has 2 aliphatic rings. The van der Waals surface area contributed by atoms with Gasteiger partial charge in [-0.1, -0.05) is 48.5 Å². The van der Waals surface area contributed by atoms with Gasteiger partial charge < -0.3 is 0 Å². The Hall–Kier alpha value is -4.04. The zero-order valence-electron chi connectivity index (χ0n) is 17.9. The van der Waals surface area contributed by atoms with Gasteiger partial charge in [-0.2, -0.15) is 0 Å². The summed E-state index contributed by atoms with van der Waals surface area (Å²) in [6.45, 7) is 2.17. The number of hydrogen-bond donors (Lipinski definition) is 0. The largest absolute Gasteiger partial charge is 0.417 e. The monoisotopic (exact) mass is 410 g/mol. The maximum absolute atomic E-state index is 2.47. The molecule has 1 unspecified atom stereocenters. The van der Waals surface area contributed by atoms with Gasteiger partial charge in [-0.05, 0) is 53.9 Å². The summed E-state index contributed by atoms with van der Waals surface area (Å²) in [6, 6.07) is 37.6. The van der Waals surface area contributed by atoms with E-state index in [2.05, 4.69) is 132 Å². The van der Waals surface area contributed by atoms with Crippen LogP contribution in [-0.4, -0.2) is 0 Å². The first kappa shape index (κ1) is 17.6. The molecular weight excluding hydrogens is 388 g/mol. The number of hydrogen-bond acceptors (Lipinski definition) is 0. The number of fused-ring (bicyclic) bond motifs is 10. The molecule has 0 saturated heterocycles. The smallest absolute Gasteiger partial charge is 0.126 e. The molecule has 5 aromatic rings. The van der Waals surface area contributed by atoms with Crippen molar-refractivity contribution in [2.75, 3.05) is 0 Å². The van der Waals surface area contributed by atoms with Crippen molar-refractivity contribution < 1.29 is 9.13 Å². The molecule has 2 heteroatoms. The Kier molecular flexibility index (Phi) is 3.44. The summed E-state index contributed by atoms with van der Waals surface area (Å²) in [5.74, 6) is 0. The predicted octanol–water partition coefficient (Wildman–Crippen LogP) is 5.50. The zero-order valence-corrected chi connectivity index (χ0v) is 17.9. The molecule has 2 nitrogen and oxygen atoms in total. The van der Waals surface area contributed by atoms with Crippen molar-refractivity contribution in [1.82, 2.24) is 0 Å². The normalized spacial score (nSPS) is 17.0. The SMILES string of the molecule is Cc1cc[n+]2c(c1)-c1ccc(-c3ccccc3)cc1C21c2ccccc2-c2cccc[n+]21. The standard InChI is InChI=1S/C30H22N2/c1-21-16-18-32-29(19-21)25-15-14-23(22-9-3-2-4-10-22)20-27(25)30(32)26-12-6-5-11-24(26)28-13-7-8-17-31(28)30/h2-20H,1H3/q+2. The Bertz CT molecular complexity index is 1490. The molecule has 0 saturated carbocycles. The summed E-state index contributed by atoms with van der Waals surface area (Å²) >= 11 is 0. The molecule has 0 bridgehead atoms. The Labute approximate surface area is 187 Å². The van der Waals surface area contributed by atoms with E-state index in [1.807, 2.05) is 0 Å². The first-order valence-corrected chi connectivity index (χ1v) is 11.1. The van der Waals surface area contributed by atoms with Gasteiger partial charge in [0.1, 0.15) is 11.1 Å². The van der Waals surface area contributed by atoms with Crippen molar-refractivity contribution in [2.24, 2.45) is 0 Å². The van der Waals surface area contributed by atoms with Gasteiger partial charge in [0.25, 0.3) is 0 Å². The van der Waals surface area contributed by atoms with E-state index >= 15 is 0 Å². The Morgan fingerprint density at radius 3 is 2.19 bits per heavy atom. The lowest BCUT2D eigenvalue weighted by molar-refractivity contribution is -0.955. The summed E-state index contributed by atoms with van der Waals surface area (Å²) in [7, 11) is 0. The second-order valence-electron chi connectivity index (χ2n) is 8.76. The lowest BCUT2D eigenvalue weighted by Gasteiger charge is -2.17. The van der Waals surface area contributed by atoms with Gasteiger partial charge in [0, 0.05) is 24.3 Å². The summed E-state index contributed by atoms with van der Waals surface area (Å²) in [4.78, 5) is 0. The van der Waals surface area contributed by atoms with Gasteiger partial charge in [-0.25, -0.2) is 0 Å². The summed E-state index contributed by atoms with van der Waals surface area (Å²) < 4.78 is 4.92. The highest BCUT2D eigenvalue weighted by Gasteiger charge is 2.66. The van der Waals surface area contributed by atoms with Crippen LogP contribution in [0.2, 0.25) is 0 Å². The fraction of sp³-hybridized carbons (Fsp3) is 0.0667. The van der Waals surface area contributed by atoms with Crippen LogP contribution in [0.3, 0.4) is 0 Å². The zero-order chi connectivity index (χ0) is 21.3. The van der Waals surface area contributed by atoms with Gasteiger partial charge in [0.15, 0.2) is 12.4 Å². The van der Waals surface area contributed by atoms with E-state index in [4.69, 9.17) is 0 Å². The second-order valence-corrected chi connectivity index (χ2v) is 8.76. The van der Waals surface area contributed by atoms with Crippen molar-refractivity contribution in [3.8, 4) is 33.6 Å². The topological polar surface area (TPSA) is 7.76 Å². The van der Waals surface area contributed by atoms with Gasteiger partial charge in [-0.3, -0.25) is 0 Å². The number of benzene rings is 3. The van der Waals surface area contributed by atoms with Crippen LogP contribution in [-0.2, 0) is 5.66 Å². The summed E-state index contributed by atoms with van der Waals surface area (Å²) in [6.07, 6.45) is 4.50. The van der Waals surface area contributed by atoms with Crippen molar-refractivity contribution >= 4 is 0 Å². The third kappa shape index (κ3) is 2.09. The average molecular weight is 411 g/mol. The second kappa shape index (κ2) is 6.24. The molecule has 1 spiro atoms. The van der Waals surface area contributed by atoms with E-state index in [0.29, 0.717) is 0 Å². The molecule has 4 heterocycles. The molecular formula is C30H22N2+2. The third-order valence-electron chi connectivity index (χ3n) is 7.02. The lowest BCUT2D eigenvalue weighted by atomic mass is 9.88. The third-order valence-corrected chi connectivity index (χ3v) is 7.02. The van der Waals surface area contributed by atoms with Crippen molar-refractivity contribution in [3.05, 3.63) is 132 Å². The number of aryl methyl sites for hydroxylation is 1. The van der Waals surface area contributed by atoms with E-state index in [-0.39, 0.29) is 0 Å². The number of rotatable bonds is 1. The number of nitrogens with zero attached hydrogens (tertiary/aromatic N) is 2. The van der Waals surface area contributed by atoms with Gasteiger partial charge >= 0.3 is 5.66 Å². The van der Waals surface area contributed by atoms with Crippen LogP contribution in [0.5, 0.6) is 0 Å². The molecule has 3 aromatic carbocycles. The van der Waals surface area contributed by atoms with Crippen LogP contribution in [0.25, 0.3) is 33.6 Å². The van der Waals surface area contributed by atoms with Crippen LogP contribution in [0, 0.1) is 6.92 Å². The maximum Gasteiger partial charge on any atom is 0.417 e. The molecule has 2 aliphatic heterocycles. The van der Waals surface area contributed by atoms with E-state index in [1.54, 1.807) is 0 Å². The Morgan fingerprint density at radius 1 is 0.531 bits per heavy atom. The number of aromatic nitrogens is 2. The molecule has 0 amide bonds. The van der Waals surface area contributed by atoms with Gasteiger partial charge in [-0.15, -0.1) is 9.13 Å². The first-order valence-electron chi connectivity index (χ1n) is 11.1. The lowest BCUT2D eigenvalue weighted by Crippen LogP contribution is -2.71. The molecule has 0 radical (unpaired) electrons. The minimum absolute atomic E-state index is 0.434. The summed E-state index contributed by atoms with van der Waals surface area (Å²) in [5, 5.41) is 0. The van der Waals surface area contributed by atoms with Gasteiger partial charge in [0.2, 0.25) is 11.4 Å². The van der Waals surface area contributed by atoms with Crippen molar-refractivity contribution in [1.29, 1.82) is 0 Å². The molecule has 0 N–H and O–H groups in total. The van der Waals surface area contributed by atoms with Crippen LogP contribution in [0.15, 0.2) is 116 Å². The molecule has 2 aromatic heterocycles. The van der Waals surface area contributed by atoms with E-state index in [9.17, 15) is 0 Å². The molecule has 0 aliphatic carbocycles. The van der Waals surface area contributed by atoms with E-state index in [0.717, 1.165) is 0 Å². The molecule has 150 valence electrons. The average Bonchev–Trinajstić information content (AvgIpc) is 3.31. The highest BCUT2D eigenvalue weighted by atomic mass is 15.3. The Morgan fingerprint density at radius 2 is 1.28 bits per heavy atom. The van der Waals surface area contributed by atoms with E-state index < -0.39 is 5.66 Å². The highest BCUT2D eigenvalue weighted by molar-refractivity contribution is 5.77. The van der Waals surface area contributed by atoms with Crippen LogP contribution in [0.4, 0.5) is 0 Å². The quantitative estimate of drug-likeness (QED) is 0.316. The Balaban J connectivity index is 1.65. The van der Waals surface area contributed by atoms with Crippen molar-refractivity contribution in [3.63, 3.8) is 0 Å². The minimum atomic E-state index is -0.434. The first-order chi connectivity index (χ1) is 15.8. The molecule has 1 atom stereocenters. The van der Waals surface area contributed by atoms with E-state index in [1.165, 1.54) is 50.3 Å². The fourth-order valence-corrected chi connectivity index (χ4v) is 5.70. The minimum Gasteiger partial charge on any atom is -0.126 e. The fourth-order valence-electron chi connectivity index (χ4n) is 5.70. The van der Waals surface area contributed by atoms with Gasteiger partial charge in [0.05, 0.1) is 11.1 Å². The predicted molar refractivity (Wildman–Crippen MR) is 126 cm³/mol. The maximum atomic E-state index is 2.47. The number of pyridine rings is 2. The molecule has 32 heavy (non-hydrogen) atoms. The van der Waals surface area contributed by atoms with Crippen LogP contribution < -0.4 is 9.13 Å². The van der Waals surface area contributed by atoms with Crippen molar-refractivity contribution in [2.45, 2.75) is 12.6 Å².